The molecule has 2 aromatic carbocycles. The van der Waals surface area contributed by atoms with E-state index in [1.165, 1.54) is 5.56 Å². The maximum absolute atomic E-state index is 10.6. The van der Waals surface area contributed by atoms with Crippen LogP contribution in [0.1, 0.15) is 15.9 Å². The van der Waals surface area contributed by atoms with Crippen molar-refractivity contribution in [1.29, 1.82) is 0 Å². The number of carbonyl (C=O) groups is 1. The lowest BCUT2D eigenvalue weighted by Crippen LogP contribution is -2.47. The van der Waals surface area contributed by atoms with Gasteiger partial charge < -0.3 is 4.74 Å². The molecule has 3 rings (SSSR count). The highest BCUT2D eigenvalue weighted by Gasteiger charge is 2.16. The van der Waals surface area contributed by atoms with Crippen LogP contribution in [0.15, 0.2) is 54.6 Å². The van der Waals surface area contributed by atoms with Crippen molar-refractivity contribution in [3.05, 3.63) is 65.7 Å². The highest BCUT2D eigenvalue weighted by Crippen LogP contribution is 2.12. The Kier molecular flexibility index (Phi) is 5.99. The lowest BCUT2D eigenvalue weighted by Gasteiger charge is -2.34. The molecular formula is C20H24N2O2. The molecule has 0 aromatic heterocycles. The van der Waals surface area contributed by atoms with Gasteiger partial charge in [-0.2, -0.15) is 0 Å². The Hall–Kier alpha value is -2.17. The molecule has 0 spiro atoms. The molecule has 0 aliphatic carbocycles. The van der Waals surface area contributed by atoms with Gasteiger partial charge in [0.05, 0.1) is 0 Å². The summed E-state index contributed by atoms with van der Waals surface area (Å²) in [5, 5.41) is 0. The number of nitrogens with zero attached hydrogens (tertiary/aromatic N) is 2. The minimum Gasteiger partial charge on any atom is -0.492 e. The Morgan fingerprint density at radius 3 is 2.21 bits per heavy atom. The molecule has 126 valence electrons. The van der Waals surface area contributed by atoms with Gasteiger partial charge in [-0.05, 0) is 29.8 Å². The van der Waals surface area contributed by atoms with Crippen LogP contribution in [-0.4, -0.2) is 55.4 Å². The highest BCUT2D eigenvalue weighted by atomic mass is 16.5. The standard InChI is InChI=1S/C20H24N2O2/c23-17-19-6-8-20(9-7-19)24-15-14-21-10-12-22(13-11-21)16-18-4-2-1-3-5-18/h1-9,17H,10-16H2. The van der Waals surface area contributed by atoms with Crippen LogP contribution in [0.25, 0.3) is 0 Å². The summed E-state index contributed by atoms with van der Waals surface area (Å²) in [7, 11) is 0. The van der Waals surface area contributed by atoms with E-state index in [-0.39, 0.29) is 0 Å². The lowest BCUT2D eigenvalue weighted by atomic mass is 10.2. The Labute approximate surface area is 143 Å². The third kappa shape index (κ3) is 4.91. The van der Waals surface area contributed by atoms with Crippen molar-refractivity contribution >= 4 is 6.29 Å². The molecule has 4 heteroatoms. The van der Waals surface area contributed by atoms with E-state index in [1.54, 1.807) is 12.1 Å². The summed E-state index contributed by atoms with van der Waals surface area (Å²) in [6.07, 6.45) is 0.846. The summed E-state index contributed by atoms with van der Waals surface area (Å²) < 4.78 is 5.76. The first-order valence-corrected chi connectivity index (χ1v) is 8.50. The van der Waals surface area contributed by atoms with Crippen molar-refractivity contribution in [2.75, 3.05) is 39.3 Å². The van der Waals surface area contributed by atoms with Gasteiger partial charge in [0.15, 0.2) is 0 Å². The van der Waals surface area contributed by atoms with Crippen LogP contribution in [0, 0.1) is 0 Å². The van der Waals surface area contributed by atoms with Crippen molar-refractivity contribution in [3.8, 4) is 5.75 Å². The van der Waals surface area contributed by atoms with E-state index in [1.807, 2.05) is 12.1 Å². The summed E-state index contributed by atoms with van der Waals surface area (Å²) in [5.41, 5.74) is 2.06. The van der Waals surface area contributed by atoms with Crippen LogP contribution in [0.2, 0.25) is 0 Å². The summed E-state index contributed by atoms with van der Waals surface area (Å²) in [4.78, 5) is 15.6. The van der Waals surface area contributed by atoms with E-state index in [0.29, 0.717) is 12.2 Å². The third-order valence-electron chi connectivity index (χ3n) is 4.41. The molecule has 2 aromatic rings. The number of hydrogen-bond acceptors (Lipinski definition) is 4. The fraction of sp³-hybridized carbons (Fsp3) is 0.350. The minimum atomic E-state index is 0.678. The molecule has 4 nitrogen and oxygen atoms in total. The van der Waals surface area contributed by atoms with Gasteiger partial charge in [0, 0.05) is 44.8 Å². The van der Waals surface area contributed by atoms with Gasteiger partial charge in [-0.15, -0.1) is 0 Å². The molecule has 1 heterocycles. The van der Waals surface area contributed by atoms with E-state index in [4.69, 9.17) is 4.74 Å². The number of carbonyl (C=O) groups excluding carboxylic acids is 1. The topological polar surface area (TPSA) is 32.8 Å². The SMILES string of the molecule is O=Cc1ccc(OCCN2CCN(Cc3ccccc3)CC2)cc1. The van der Waals surface area contributed by atoms with Crippen LogP contribution in [0.5, 0.6) is 5.75 Å². The van der Waals surface area contributed by atoms with Crippen molar-refractivity contribution in [3.63, 3.8) is 0 Å². The van der Waals surface area contributed by atoms with Gasteiger partial charge in [-0.3, -0.25) is 14.6 Å². The Morgan fingerprint density at radius 2 is 1.54 bits per heavy atom. The van der Waals surface area contributed by atoms with Crippen LogP contribution in [-0.2, 0) is 6.54 Å². The molecule has 0 N–H and O–H groups in total. The molecule has 0 atom stereocenters. The monoisotopic (exact) mass is 324 g/mol. The minimum absolute atomic E-state index is 0.678. The summed E-state index contributed by atoms with van der Waals surface area (Å²) in [6, 6.07) is 17.9. The largest absolute Gasteiger partial charge is 0.492 e. The van der Waals surface area contributed by atoms with Crippen molar-refractivity contribution < 1.29 is 9.53 Å². The average Bonchev–Trinajstić information content (AvgIpc) is 2.65. The third-order valence-corrected chi connectivity index (χ3v) is 4.41. The normalized spacial score (nSPS) is 16.0. The molecular weight excluding hydrogens is 300 g/mol. The lowest BCUT2D eigenvalue weighted by molar-refractivity contribution is 0.112. The van der Waals surface area contributed by atoms with Gasteiger partial charge in [0.25, 0.3) is 0 Å². The van der Waals surface area contributed by atoms with Gasteiger partial charge in [0.2, 0.25) is 0 Å². The van der Waals surface area contributed by atoms with Crippen LogP contribution in [0.3, 0.4) is 0 Å². The van der Waals surface area contributed by atoms with Crippen LogP contribution in [0.4, 0.5) is 0 Å². The number of rotatable bonds is 7. The van der Waals surface area contributed by atoms with Crippen LogP contribution >= 0.6 is 0 Å². The van der Waals surface area contributed by atoms with Crippen LogP contribution < -0.4 is 4.74 Å². The molecule has 0 unspecified atom stereocenters. The molecule has 0 saturated carbocycles. The Balaban J connectivity index is 1.35. The average molecular weight is 324 g/mol. The zero-order valence-electron chi connectivity index (χ0n) is 13.9. The first-order chi connectivity index (χ1) is 11.8. The van der Waals surface area contributed by atoms with E-state index in [2.05, 4.69) is 40.1 Å². The molecule has 0 amide bonds. The summed E-state index contributed by atoms with van der Waals surface area (Å²) >= 11 is 0. The van der Waals surface area contributed by atoms with Crippen molar-refractivity contribution in [2.45, 2.75) is 6.54 Å². The number of piperazine rings is 1. The molecule has 0 radical (unpaired) electrons. The first kappa shape index (κ1) is 16.7. The molecule has 1 aliphatic rings. The fourth-order valence-corrected chi connectivity index (χ4v) is 2.95. The van der Waals surface area contributed by atoms with E-state index >= 15 is 0 Å². The molecule has 1 fully saturated rings. The second-order valence-corrected chi connectivity index (χ2v) is 6.14. The molecule has 0 bridgehead atoms. The zero-order valence-corrected chi connectivity index (χ0v) is 13.9. The number of benzene rings is 2. The predicted molar refractivity (Wildman–Crippen MR) is 95.5 cm³/mol. The van der Waals surface area contributed by atoms with E-state index in [0.717, 1.165) is 51.3 Å². The Bertz CT molecular complexity index is 620. The molecule has 24 heavy (non-hydrogen) atoms. The quantitative estimate of drug-likeness (QED) is 0.733. The Morgan fingerprint density at radius 1 is 0.875 bits per heavy atom. The smallest absolute Gasteiger partial charge is 0.150 e. The molecule has 1 saturated heterocycles. The van der Waals surface area contributed by atoms with Crippen molar-refractivity contribution in [1.82, 2.24) is 9.80 Å². The van der Waals surface area contributed by atoms with Gasteiger partial charge in [-0.25, -0.2) is 0 Å². The van der Waals surface area contributed by atoms with E-state index < -0.39 is 0 Å². The van der Waals surface area contributed by atoms with Gasteiger partial charge in [0.1, 0.15) is 18.6 Å². The van der Waals surface area contributed by atoms with E-state index in [9.17, 15) is 4.79 Å². The second kappa shape index (κ2) is 8.62. The number of ether oxygens (including phenoxy) is 1. The van der Waals surface area contributed by atoms with Crippen molar-refractivity contribution in [2.24, 2.45) is 0 Å². The maximum Gasteiger partial charge on any atom is 0.150 e. The van der Waals surface area contributed by atoms with Gasteiger partial charge >= 0.3 is 0 Å². The van der Waals surface area contributed by atoms with Gasteiger partial charge in [-0.1, -0.05) is 30.3 Å². The first-order valence-electron chi connectivity index (χ1n) is 8.50. The fourth-order valence-electron chi connectivity index (χ4n) is 2.95. The highest BCUT2D eigenvalue weighted by molar-refractivity contribution is 5.74. The number of aldehydes is 1. The zero-order chi connectivity index (χ0) is 16.6. The second-order valence-electron chi connectivity index (χ2n) is 6.14. The summed E-state index contributed by atoms with van der Waals surface area (Å²) in [5.74, 6) is 0.823. The predicted octanol–water partition coefficient (Wildman–Crippen LogP) is 2.70. The molecule has 1 aliphatic heterocycles. The maximum atomic E-state index is 10.6. The number of hydrogen-bond donors (Lipinski definition) is 0. The summed E-state index contributed by atoms with van der Waals surface area (Å²) in [6.45, 7) is 7.02.